The third-order valence-electron chi connectivity index (χ3n) is 4.10. The van der Waals surface area contributed by atoms with Gasteiger partial charge in [0.25, 0.3) is 0 Å². The highest BCUT2D eigenvalue weighted by atomic mass is 15.0. The van der Waals surface area contributed by atoms with Gasteiger partial charge in [-0.25, -0.2) is 9.97 Å². The molecule has 2 aromatic rings. The Morgan fingerprint density at radius 2 is 2.19 bits per heavy atom. The Bertz CT molecular complexity index is 624. The fourth-order valence-electron chi connectivity index (χ4n) is 3.01. The molecule has 0 aromatic carbocycles. The Labute approximate surface area is 126 Å². The number of hydrogen-bond donors (Lipinski definition) is 1. The van der Waals surface area contributed by atoms with Gasteiger partial charge in [-0.2, -0.15) is 0 Å². The first-order valence-electron chi connectivity index (χ1n) is 7.80. The molecule has 0 bridgehead atoms. The predicted molar refractivity (Wildman–Crippen MR) is 84.0 cm³/mol. The highest BCUT2D eigenvalue weighted by Gasteiger charge is 2.20. The van der Waals surface area contributed by atoms with Crippen molar-refractivity contribution in [1.82, 2.24) is 20.3 Å². The van der Waals surface area contributed by atoms with Gasteiger partial charge in [0.1, 0.15) is 5.69 Å². The summed E-state index contributed by atoms with van der Waals surface area (Å²) in [5.41, 5.74) is 4.47. The van der Waals surface area contributed by atoms with Gasteiger partial charge in [0, 0.05) is 29.7 Å². The summed E-state index contributed by atoms with van der Waals surface area (Å²) in [6.07, 6.45) is 8.46. The third kappa shape index (κ3) is 2.95. The van der Waals surface area contributed by atoms with Gasteiger partial charge < -0.3 is 5.32 Å². The average Bonchev–Trinajstić information content (AvgIpc) is 2.70. The van der Waals surface area contributed by atoms with Crippen LogP contribution in [0.5, 0.6) is 0 Å². The van der Waals surface area contributed by atoms with Gasteiger partial charge in [0.05, 0.1) is 0 Å². The molecule has 1 atom stereocenters. The maximum absolute atomic E-state index is 4.82. The first kappa shape index (κ1) is 14.1. The molecule has 4 nitrogen and oxygen atoms in total. The summed E-state index contributed by atoms with van der Waals surface area (Å²) in [6.45, 7) is 5.18. The van der Waals surface area contributed by atoms with Crippen LogP contribution in [0.4, 0.5) is 0 Å². The molecule has 0 radical (unpaired) electrons. The fraction of sp³-hybridized carbons (Fsp3) is 0.471. The Morgan fingerprint density at radius 1 is 1.29 bits per heavy atom. The number of aryl methyl sites for hydroxylation is 2. The second-order valence-corrected chi connectivity index (χ2v) is 5.62. The monoisotopic (exact) mass is 282 g/mol. The first-order valence-corrected chi connectivity index (χ1v) is 7.80. The van der Waals surface area contributed by atoms with Crippen molar-refractivity contribution in [3.05, 3.63) is 41.3 Å². The van der Waals surface area contributed by atoms with Gasteiger partial charge in [-0.3, -0.25) is 4.98 Å². The predicted octanol–water partition coefficient (Wildman–Crippen LogP) is 3.22. The number of rotatable bonds is 3. The van der Waals surface area contributed by atoms with E-state index in [4.69, 9.17) is 4.98 Å². The summed E-state index contributed by atoms with van der Waals surface area (Å²) in [6, 6.07) is 4.40. The van der Waals surface area contributed by atoms with Gasteiger partial charge in [-0.05, 0) is 44.4 Å². The highest BCUT2D eigenvalue weighted by Crippen LogP contribution is 2.28. The first-order chi connectivity index (χ1) is 10.3. The summed E-state index contributed by atoms with van der Waals surface area (Å²) in [7, 11) is 0. The molecule has 4 heteroatoms. The Morgan fingerprint density at radius 3 is 3.00 bits per heavy atom. The number of hydrogen-bond acceptors (Lipinski definition) is 4. The quantitative estimate of drug-likeness (QED) is 0.878. The standard InChI is InChI=1S/C17H22N4/c1-3-18-14-8-4-5-9-15-13(14)11-20-17(21-15)16-12(2)7-6-10-19-16/h6-7,10-11,14,18H,3-5,8-9H2,1-2H3. The Kier molecular flexibility index (Phi) is 4.25. The minimum atomic E-state index is 0.395. The van der Waals surface area contributed by atoms with E-state index in [0.29, 0.717) is 6.04 Å². The van der Waals surface area contributed by atoms with Crippen molar-refractivity contribution in [2.75, 3.05) is 6.54 Å². The number of fused-ring (bicyclic) bond motifs is 1. The molecule has 1 aliphatic carbocycles. The molecule has 0 spiro atoms. The van der Waals surface area contributed by atoms with Crippen molar-refractivity contribution in [2.45, 2.75) is 45.6 Å². The molecular weight excluding hydrogens is 260 g/mol. The number of nitrogens with zero attached hydrogens (tertiary/aromatic N) is 3. The van der Waals surface area contributed by atoms with Gasteiger partial charge in [-0.15, -0.1) is 0 Å². The minimum absolute atomic E-state index is 0.395. The summed E-state index contributed by atoms with van der Waals surface area (Å²) >= 11 is 0. The average molecular weight is 282 g/mol. The molecule has 0 saturated carbocycles. The molecule has 0 amide bonds. The molecule has 1 aliphatic rings. The van der Waals surface area contributed by atoms with Crippen LogP contribution in [0.15, 0.2) is 24.5 Å². The van der Waals surface area contributed by atoms with E-state index in [2.05, 4.69) is 35.2 Å². The van der Waals surface area contributed by atoms with Crippen LogP contribution in [-0.4, -0.2) is 21.5 Å². The zero-order valence-corrected chi connectivity index (χ0v) is 12.8. The van der Waals surface area contributed by atoms with Gasteiger partial charge >= 0.3 is 0 Å². The summed E-state index contributed by atoms with van der Waals surface area (Å²) in [5, 5.41) is 3.56. The van der Waals surface area contributed by atoms with E-state index in [-0.39, 0.29) is 0 Å². The van der Waals surface area contributed by atoms with Crippen LogP contribution in [-0.2, 0) is 6.42 Å². The maximum Gasteiger partial charge on any atom is 0.178 e. The van der Waals surface area contributed by atoms with Crippen LogP contribution < -0.4 is 5.32 Å². The smallest absolute Gasteiger partial charge is 0.178 e. The molecule has 1 unspecified atom stereocenters. The number of aromatic nitrogens is 3. The van der Waals surface area contributed by atoms with Gasteiger partial charge in [0.2, 0.25) is 0 Å². The topological polar surface area (TPSA) is 50.7 Å². The zero-order chi connectivity index (χ0) is 14.7. The van der Waals surface area contributed by atoms with Gasteiger partial charge in [-0.1, -0.05) is 19.4 Å². The number of nitrogens with one attached hydrogen (secondary N) is 1. The van der Waals surface area contributed by atoms with Crippen LogP contribution in [0.3, 0.4) is 0 Å². The molecule has 0 aliphatic heterocycles. The van der Waals surface area contributed by atoms with E-state index >= 15 is 0 Å². The van der Waals surface area contributed by atoms with E-state index in [9.17, 15) is 0 Å². The van der Waals surface area contributed by atoms with Crippen molar-refractivity contribution in [3.63, 3.8) is 0 Å². The summed E-state index contributed by atoms with van der Waals surface area (Å²) in [5.74, 6) is 0.754. The molecular formula is C17H22N4. The van der Waals surface area contributed by atoms with E-state index in [1.807, 2.05) is 12.3 Å². The normalized spacial score (nSPS) is 18.1. The third-order valence-corrected chi connectivity index (χ3v) is 4.10. The molecule has 0 fully saturated rings. The SMILES string of the molecule is CCNC1CCCCc2nc(-c3ncccc3C)ncc21. The number of pyridine rings is 1. The Hall–Kier alpha value is -1.81. The van der Waals surface area contributed by atoms with Crippen LogP contribution in [0.2, 0.25) is 0 Å². The summed E-state index contributed by atoms with van der Waals surface area (Å²) < 4.78 is 0. The van der Waals surface area contributed by atoms with Crippen LogP contribution in [0.25, 0.3) is 11.5 Å². The van der Waals surface area contributed by atoms with Crippen LogP contribution >= 0.6 is 0 Å². The van der Waals surface area contributed by atoms with Crippen molar-refractivity contribution >= 4 is 0 Å². The second-order valence-electron chi connectivity index (χ2n) is 5.62. The largest absolute Gasteiger partial charge is 0.310 e. The molecule has 0 saturated heterocycles. The second kappa shape index (κ2) is 6.31. The molecule has 3 rings (SSSR count). The van der Waals surface area contributed by atoms with E-state index in [1.54, 1.807) is 6.20 Å². The van der Waals surface area contributed by atoms with Crippen LogP contribution in [0.1, 0.15) is 49.0 Å². The minimum Gasteiger partial charge on any atom is -0.310 e. The van der Waals surface area contributed by atoms with Crippen LogP contribution in [0, 0.1) is 6.92 Å². The lowest BCUT2D eigenvalue weighted by molar-refractivity contribution is 0.502. The fourth-order valence-corrected chi connectivity index (χ4v) is 3.01. The molecule has 21 heavy (non-hydrogen) atoms. The lowest BCUT2D eigenvalue weighted by Gasteiger charge is -2.18. The molecule has 1 N–H and O–H groups in total. The maximum atomic E-state index is 4.82. The lowest BCUT2D eigenvalue weighted by atomic mass is 10.0. The van der Waals surface area contributed by atoms with E-state index in [0.717, 1.165) is 30.0 Å². The zero-order valence-electron chi connectivity index (χ0n) is 12.8. The van der Waals surface area contributed by atoms with E-state index < -0.39 is 0 Å². The van der Waals surface area contributed by atoms with Crippen molar-refractivity contribution < 1.29 is 0 Å². The van der Waals surface area contributed by atoms with E-state index in [1.165, 1.54) is 30.5 Å². The Balaban J connectivity index is 2.01. The highest BCUT2D eigenvalue weighted by molar-refractivity contribution is 5.54. The molecule has 110 valence electrons. The molecule has 2 heterocycles. The van der Waals surface area contributed by atoms with Crippen molar-refractivity contribution in [2.24, 2.45) is 0 Å². The lowest BCUT2D eigenvalue weighted by Crippen LogP contribution is -2.21. The molecule has 2 aromatic heterocycles. The van der Waals surface area contributed by atoms with Gasteiger partial charge in [0.15, 0.2) is 5.82 Å². The van der Waals surface area contributed by atoms with Crippen molar-refractivity contribution in [1.29, 1.82) is 0 Å². The summed E-state index contributed by atoms with van der Waals surface area (Å²) in [4.78, 5) is 13.8. The van der Waals surface area contributed by atoms with Crippen molar-refractivity contribution in [3.8, 4) is 11.5 Å².